The molecule has 6 heteroatoms. The van der Waals surface area contributed by atoms with Gasteiger partial charge in [0, 0.05) is 44.6 Å². The minimum atomic E-state index is -0.157. The molecule has 2 heterocycles. The van der Waals surface area contributed by atoms with E-state index in [0.717, 1.165) is 44.1 Å². The van der Waals surface area contributed by atoms with E-state index in [1.54, 1.807) is 12.1 Å². The van der Waals surface area contributed by atoms with Gasteiger partial charge >= 0.3 is 0 Å². The fourth-order valence-electron chi connectivity index (χ4n) is 3.54. The van der Waals surface area contributed by atoms with E-state index in [1.165, 1.54) is 6.07 Å². The second-order valence-corrected chi connectivity index (χ2v) is 7.44. The number of anilines is 1. The van der Waals surface area contributed by atoms with Gasteiger partial charge in [-0.1, -0.05) is 41.4 Å². The molecule has 0 unspecified atom stereocenters. The second kappa shape index (κ2) is 7.93. The molecular formula is C21H20Cl2FN3. The lowest BCUT2D eigenvalue weighted by atomic mass is 10.2. The monoisotopic (exact) mass is 403 g/mol. The molecule has 3 aromatic rings. The maximum absolute atomic E-state index is 14.0. The van der Waals surface area contributed by atoms with Crippen molar-refractivity contribution in [2.24, 2.45) is 0 Å². The van der Waals surface area contributed by atoms with Gasteiger partial charge in [-0.3, -0.25) is 4.90 Å². The van der Waals surface area contributed by atoms with Crippen LogP contribution in [0.3, 0.4) is 0 Å². The van der Waals surface area contributed by atoms with E-state index in [0.29, 0.717) is 15.7 Å². The number of hydrogen-bond acceptors (Lipinski definition) is 2. The Balaban J connectivity index is 1.46. The highest BCUT2D eigenvalue weighted by atomic mass is 35.5. The largest absolute Gasteiger partial charge is 0.367 e. The van der Waals surface area contributed by atoms with Gasteiger partial charge in [0.25, 0.3) is 0 Å². The molecule has 0 amide bonds. The molecule has 0 radical (unpaired) electrons. The Bertz CT molecular complexity index is 933. The molecule has 3 nitrogen and oxygen atoms in total. The maximum atomic E-state index is 14.0. The Kier molecular flexibility index (Phi) is 5.39. The Hall–Kier alpha value is -2.01. The number of benzene rings is 2. The van der Waals surface area contributed by atoms with Crippen molar-refractivity contribution >= 4 is 28.9 Å². The molecule has 0 N–H and O–H groups in total. The Morgan fingerprint density at radius 2 is 1.56 bits per heavy atom. The predicted octanol–water partition coefficient (Wildman–Crippen LogP) is 5.25. The van der Waals surface area contributed by atoms with Gasteiger partial charge in [0.1, 0.15) is 5.82 Å². The molecule has 0 saturated carbocycles. The number of aromatic nitrogens is 1. The summed E-state index contributed by atoms with van der Waals surface area (Å²) >= 11 is 12.6. The number of rotatable bonds is 4. The summed E-state index contributed by atoms with van der Waals surface area (Å²) in [5, 5.41) is 1.10. The Morgan fingerprint density at radius 3 is 2.33 bits per heavy atom. The third-order valence-electron chi connectivity index (χ3n) is 4.97. The summed E-state index contributed by atoms with van der Waals surface area (Å²) < 4.78 is 16.1. The minimum absolute atomic E-state index is 0.157. The van der Waals surface area contributed by atoms with Crippen LogP contribution >= 0.6 is 23.2 Å². The number of halogens is 3. The molecule has 4 rings (SSSR count). The van der Waals surface area contributed by atoms with Gasteiger partial charge in [-0.05, 0) is 36.4 Å². The quantitative estimate of drug-likeness (QED) is 0.589. The first-order valence-electron chi connectivity index (χ1n) is 8.96. The van der Waals surface area contributed by atoms with Gasteiger partial charge in [-0.2, -0.15) is 0 Å². The van der Waals surface area contributed by atoms with Crippen LogP contribution in [-0.2, 0) is 6.54 Å². The third-order valence-corrected chi connectivity index (χ3v) is 5.78. The summed E-state index contributed by atoms with van der Waals surface area (Å²) in [6, 6.07) is 16.7. The molecule has 1 aromatic heterocycles. The fraction of sp³-hybridized carbons (Fsp3) is 0.238. The summed E-state index contributed by atoms with van der Waals surface area (Å²) in [5.74, 6) is -0.157. The average molecular weight is 404 g/mol. The summed E-state index contributed by atoms with van der Waals surface area (Å²) in [7, 11) is 0. The zero-order valence-corrected chi connectivity index (χ0v) is 16.3. The summed E-state index contributed by atoms with van der Waals surface area (Å²) in [6.45, 7) is 4.17. The van der Waals surface area contributed by atoms with Crippen molar-refractivity contribution in [3.8, 4) is 5.69 Å². The minimum Gasteiger partial charge on any atom is -0.367 e. The molecule has 2 aromatic carbocycles. The standard InChI is InChI=1S/C21H20Cl2FN3/c22-17-6-3-9-20(21(17)23)27-10-4-5-16(27)15-25-11-13-26(14-12-25)19-8-2-1-7-18(19)24/h1-10H,11-15H2. The van der Waals surface area contributed by atoms with Crippen LogP contribution in [0.25, 0.3) is 5.69 Å². The zero-order valence-electron chi connectivity index (χ0n) is 14.8. The van der Waals surface area contributed by atoms with Crippen molar-refractivity contribution in [1.29, 1.82) is 0 Å². The maximum Gasteiger partial charge on any atom is 0.146 e. The topological polar surface area (TPSA) is 11.4 Å². The van der Waals surface area contributed by atoms with Crippen LogP contribution in [0.1, 0.15) is 5.69 Å². The summed E-state index contributed by atoms with van der Waals surface area (Å²) in [4.78, 5) is 4.49. The van der Waals surface area contributed by atoms with Crippen molar-refractivity contribution in [2.75, 3.05) is 31.1 Å². The Labute approximate surface area is 168 Å². The molecule has 1 aliphatic rings. The number of piperazine rings is 1. The number of hydrogen-bond donors (Lipinski definition) is 0. The molecule has 0 aliphatic carbocycles. The van der Waals surface area contributed by atoms with Crippen LogP contribution in [0.4, 0.5) is 10.1 Å². The fourth-order valence-corrected chi connectivity index (χ4v) is 3.93. The highest BCUT2D eigenvalue weighted by molar-refractivity contribution is 6.43. The van der Waals surface area contributed by atoms with E-state index in [2.05, 4.69) is 20.4 Å². The smallest absolute Gasteiger partial charge is 0.146 e. The number of nitrogens with zero attached hydrogens (tertiary/aromatic N) is 3. The molecule has 1 fully saturated rings. The first-order chi connectivity index (χ1) is 13.1. The summed E-state index contributed by atoms with van der Waals surface area (Å²) in [5.41, 5.74) is 2.72. The molecule has 1 saturated heterocycles. The average Bonchev–Trinajstić information content (AvgIpc) is 3.13. The van der Waals surface area contributed by atoms with Crippen molar-refractivity contribution in [2.45, 2.75) is 6.54 Å². The van der Waals surface area contributed by atoms with Gasteiger partial charge in [0.15, 0.2) is 0 Å². The van der Waals surface area contributed by atoms with Crippen molar-refractivity contribution in [3.63, 3.8) is 0 Å². The van der Waals surface area contributed by atoms with Gasteiger partial charge in [-0.25, -0.2) is 4.39 Å². The summed E-state index contributed by atoms with van der Waals surface area (Å²) in [6.07, 6.45) is 2.00. The molecular weight excluding hydrogens is 384 g/mol. The predicted molar refractivity (Wildman–Crippen MR) is 110 cm³/mol. The van der Waals surface area contributed by atoms with Crippen LogP contribution in [0, 0.1) is 5.82 Å². The second-order valence-electron chi connectivity index (χ2n) is 6.66. The highest BCUT2D eigenvalue weighted by Gasteiger charge is 2.20. The van der Waals surface area contributed by atoms with Gasteiger partial charge in [-0.15, -0.1) is 0 Å². The molecule has 1 aliphatic heterocycles. The van der Waals surface area contributed by atoms with Crippen LogP contribution in [0.5, 0.6) is 0 Å². The van der Waals surface area contributed by atoms with Crippen molar-refractivity contribution in [3.05, 3.63) is 82.4 Å². The lowest BCUT2D eigenvalue weighted by Gasteiger charge is -2.36. The molecule has 0 spiro atoms. The van der Waals surface area contributed by atoms with Crippen LogP contribution in [-0.4, -0.2) is 35.6 Å². The van der Waals surface area contributed by atoms with E-state index in [-0.39, 0.29) is 5.82 Å². The van der Waals surface area contributed by atoms with Gasteiger partial charge in [0.05, 0.1) is 21.4 Å². The van der Waals surface area contributed by atoms with Gasteiger partial charge in [0.2, 0.25) is 0 Å². The van der Waals surface area contributed by atoms with Crippen LogP contribution in [0.15, 0.2) is 60.8 Å². The number of para-hydroxylation sites is 1. The van der Waals surface area contributed by atoms with E-state index in [9.17, 15) is 4.39 Å². The lowest BCUT2D eigenvalue weighted by Crippen LogP contribution is -2.46. The van der Waals surface area contributed by atoms with E-state index in [1.807, 2.05) is 36.5 Å². The van der Waals surface area contributed by atoms with E-state index < -0.39 is 0 Å². The van der Waals surface area contributed by atoms with Crippen LogP contribution < -0.4 is 4.90 Å². The van der Waals surface area contributed by atoms with Crippen molar-refractivity contribution < 1.29 is 4.39 Å². The normalized spacial score (nSPS) is 15.3. The Morgan fingerprint density at radius 1 is 0.815 bits per heavy atom. The van der Waals surface area contributed by atoms with E-state index in [4.69, 9.17) is 23.2 Å². The van der Waals surface area contributed by atoms with Crippen molar-refractivity contribution in [1.82, 2.24) is 9.47 Å². The highest BCUT2D eigenvalue weighted by Crippen LogP contribution is 2.30. The van der Waals surface area contributed by atoms with Gasteiger partial charge < -0.3 is 9.47 Å². The zero-order chi connectivity index (χ0) is 18.8. The lowest BCUT2D eigenvalue weighted by molar-refractivity contribution is 0.245. The molecule has 140 valence electrons. The SMILES string of the molecule is Fc1ccccc1N1CCN(Cc2cccn2-c2cccc(Cl)c2Cl)CC1. The van der Waals surface area contributed by atoms with Crippen LogP contribution in [0.2, 0.25) is 10.0 Å². The first kappa shape index (κ1) is 18.4. The molecule has 0 bridgehead atoms. The van der Waals surface area contributed by atoms with E-state index >= 15 is 0 Å². The molecule has 0 atom stereocenters. The first-order valence-corrected chi connectivity index (χ1v) is 9.71. The molecule has 27 heavy (non-hydrogen) atoms. The third kappa shape index (κ3) is 3.84.